The zero-order valence-electron chi connectivity index (χ0n) is 17.3. The highest BCUT2D eigenvalue weighted by molar-refractivity contribution is 7.91. The summed E-state index contributed by atoms with van der Waals surface area (Å²) in [7, 11) is -2.89. The number of nitrogens with one attached hydrogen (secondary N) is 1. The molecule has 31 heavy (non-hydrogen) atoms. The van der Waals surface area contributed by atoms with Crippen molar-refractivity contribution in [2.24, 2.45) is 5.92 Å². The molecule has 2 heterocycles. The fourth-order valence-electron chi connectivity index (χ4n) is 4.33. The maximum absolute atomic E-state index is 11.7. The molecule has 1 saturated heterocycles. The fraction of sp³-hybridized carbons (Fsp3) is 0.333. The molecule has 2 aromatic rings. The van der Waals surface area contributed by atoms with Gasteiger partial charge in [-0.25, -0.2) is 8.42 Å². The maximum Gasteiger partial charge on any atom is 0.179 e. The van der Waals surface area contributed by atoms with E-state index in [0.29, 0.717) is 38.0 Å². The van der Waals surface area contributed by atoms with Crippen molar-refractivity contribution in [3.8, 4) is 23.4 Å². The van der Waals surface area contributed by atoms with Crippen LogP contribution in [0.3, 0.4) is 0 Å². The first-order chi connectivity index (χ1) is 14.9. The summed E-state index contributed by atoms with van der Waals surface area (Å²) < 4.78 is 23.4. The van der Waals surface area contributed by atoms with Gasteiger partial charge in [-0.15, -0.1) is 0 Å². The fourth-order valence-corrected chi connectivity index (χ4v) is 5.82. The van der Waals surface area contributed by atoms with Gasteiger partial charge < -0.3 is 10.2 Å². The van der Waals surface area contributed by atoms with Crippen molar-refractivity contribution in [1.29, 1.82) is 10.5 Å². The van der Waals surface area contributed by atoms with E-state index in [1.807, 2.05) is 24.3 Å². The first kappa shape index (κ1) is 21.0. The minimum Gasteiger partial charge on any atom is -0.385 e. The van der Waals surface area contributed by atoms with Crippen LogP contribution in [-0.2, 0) is 29.5 Å². The second kappa shape index (κ2) is 8.45. The average Bonchev–Trinajstić information content (AvgIpc) is 3.20. The van der Waals surface area contributed by atoms with Gasteiger partial charge >= 0.3 is 0 Å². The summed E-state index contributed by atoms with van der Waals surface area (Å²) in [5, 5.41) is 21.8. The molecule has 158 valence electrons. The van der Waals surface area contributed by atoms with Crippen LogP contribution >= 0.6 is 0 Å². The molecule has 7 heteroatoms. The van der Waals surface area contributed by atoms with Gasteiger partial charge in [-0.05, 0) is 64.8 Å². The van der Waals surface area contributed by atoms with Gasteiger partial charge in [0.05, 0.1) is 36.2 Å². The minimum atomic E-state index is -2.89. The number of nitriles is 2. The lowest BCUT2D eigenvalue weighted by Crippen LogP contribution is -2.28. The Morgan fingerprint density at radius 1 is 1.13 bits per heavy atom. The van der Waals surface area contributed by atoms with Gasteiger partial charge in [-0.3, -0.25) is 0 Å². The molecule has 1 fully saturated rings. The molecule has 0 unspecified atom stereocenters. The summed E-state index contributed by atoms with van der Waals surface area (Å²) in [5.74, 6) is 0.624. The molecule has 0 aromatic heterocycles. The van der Waals surface area contributed by atoms with Gasteiger partial charge in [0.1, 0.15) is 9.84 Å². The number of rotatable bonds is 5. The normalized spacial score (nSPS) is 17.4. The number of fused-ring (bicyclic) bond motifs is 1. The van der Waals surface area contributed by atoms with Crippen molar-refractivity contribution >= 4 is 9.84 Å². The van der Waals surface area contributed by atoms with Crippen LogP contribution < -0.4 is 5.32 Å². The standard InChI is InChI=1S/C24H24N4O2S/c1-17(20-6-8-31(29,30)9-7-20)27-13-19-10-22-14-28(16-26)15-24(22)23(11-19)21-4-2-18(12-25)3-5-21/h2-5,10-11,20,27H,1,6-9,13-15H2. The van der Waals surface area contributed by atoms with Crippen LogP contribution in [0.5, 0.6) is 0 Å². The van der Waals surface area contributed by atoms with Gasteiger partial charge in [-0.1, -0.05) is 24.8 Å². The van der Waals surface area contributed by atoms with E-state index in [1.165, 1.54) is 0 Å². The van der Waals surface area contributed by atoms with Crippen molar-refractivity contribution in [1.82, 2.24) is 10.2 Å². The zero-order chi connectivity index (χ0) is 22.0. The van der Waals surface area contributed by atoms with Crippen molar-refractivity contribution in [2.75, 3.05) is 11.5 Å². The topological polar surface area (TPSA) is 97.0 Å². The zero-order valence-corrected chi connectivity index (χ0v) is 18.1. The highest BCUT2D eigenvalue weighted by atomic mass is 32.2. The number of allylic oxidation sites excluding steroid dienone is 1. The number of hydrogen-bond acceptors (Lipinski definition) is 6. The molecule has 4 rings (SSSR count). The van der Waals surface area contributed by atoms with Crippen molar-refractivity contribution in [3.63, 3.8) is 0 Å². The summed E-state index contributed by atoms with van der Waals surface area (Å²) in [4.78, 5) is 1.73. The first-order valence-corrected chi connectivity index (χ1v) is 12.1. The van der Waals surface area contributed by atoms with E-state index >= 15 is 0 Å². The molecule has 1 N–H and O–H groups in total. The number of hydrogen-bond donors (Lipinski definition) is 1. The van der Waals surface area contributed by atoms with Gasteiger partial charge in [0.25, 0.3) is 0 Å². The van der Waals surface area contributed by atoms with Gasteiger partial charge in [-0.2, -0.15) is 10.5 Å². The van der Waals surface area contributed by atoms with Crippen LogP contribution in [0.15, 0.2) is 48.7 Å². The molecule has 6 nitrogen and oxygen atoms in total. The Kier molecular flexibility index (Phi) is 5.71. The molecule has 2 aliphatic rings. The van der Waals surface area contributed by atoms with Crippen LogP contribution in [-0.4, -0.2) is 24.8 Å². The predicted molar refractivity (Wildman–Crippen MR) is 119 cm³/mol. The molecule has 0 spiro atoms. The quantitative estimate of drug-likeness (QED) is 0.727. The average molecular weight is 433 g/mol. The molecule has 0 atom stereocenters. The van der Waals surface area contributed by atoms with Crippen LogP contribution in [0.1, 0.15) is 35.1 Å². The summed E-state index contributed by atoms with van der Waals surface area (Å²) >= 11 is 0. The van der Waals surface area contributed by atoms with Crippen LogP contribution in [0.2, 0.25) is 0 Å². The molecule has 2 aromatic carbocycles. The lowest BCUT2D eigenvalue weighted by Gasteiger charge is -2.25. The lowest BCUT2D eigenvalue weighted by atomic mass is 9.93. The molecule has 0 saturated carbocycles. The second-order valence-electron chi connectivity index (χ2n) is 8.23. The second-order valence-corrected chi connectivity index (χ2v) is 10.5. The molecule has 0 radical (unpaired) electrons. The predicted octanol–water partition coefficient (Wildman–Crippen LogP) is 3.45. The summed E-state index contributed by atoms with van der Waals surface area (Å²) in [6, 6.07) is 13.9. The Labute approximate surface area is 183 Å². The van der Waals surface area contributed by atoms with Crippen LogP contribution in [0.25, 0.3) is 11.1 Å². The Morgan fingerprint density at radius 2 is 1.84 bits per heavy atom. The number of sulfone groups is 1. The summed E-state index contributed by atoms with van der Waals surface area (Å²) in [6.07, 6.45) is 3.47. The minimum absolute atomic E-state index is 0.171. The van der Waals surface area contributed by atoms with E-state index in [-0.39, 0.29) is 17.4 Å². The Morgan fingerprint density at radius 3 is 2.48 bits per heavy atom. The molecule has 0 amide bonds. The molecular weight excluding hydrogens is 408 g/mol. The van der Waals surface area contributed by atoms with Crippen molar-refractivity contribution in [2.45, 2.75) is 32.5 Å². The lowest BCUT2D eigenvalue weighted by molar-refractivity contribution is 0.417. The third-order valence-electron chi connectivity index (χ3n) is 6.15. The third kappa shape index (κ3) is 4.57. The van der Waals surface area contributed by atoms with E-state index in [2.05, 4.69) is 36.3 Å². The Bertz CT molecular complexity index is 1190. The van der Waals surface area contributed by atoms with E-state index in [4.69, 9.17) is 5.26 Å². The van der Waals surface area contributed by atoms with Crippen molar-refractivity contribution in [3.05, 3.63) is 70.9 Å². The van der Waals surface area contributed by atoms with E-state index in [0.717, 1.165) is 33.5 Å². The van der Waals surface area contributed by atoms with E-state index in [1.54, 1.807) is 4.90 Å². The third-order valence-corrected chi connectivity index (χ3v) is 7.86. The SMILES string of the molecule is C=C(NCc1cc2c(c(-c3ccc(C#N)cc3)c1)CN(C#N)C2)C1CCS(=O)(=O)CC1. The first-order valence-electron chi connectivity index (χ1n) is 10.3. The number of benzene rings is 2. The maximum atomic E-state index is 11.7. The highest BCUT2D eigenvalue weighted by Crippen LogP contribution is 2.34. The largest absolute Gasteiger partial charge is 0.385 e. The highest BCUT2D eigenvalue weighted by Gasteiger charge is 2.26. The van der Waals surface area contributed by atoms with Crippen molar-refractivity contribution < 1.29 is 8.42 Å². The van der Waals surface area contributed by atoms with Crippen LogP contribution in [0, 0.1) is 28.7 Å². The Balaban J connectivity index is 1.55. The van der Waals surface area contributed by atoms with E-state index in [9.17, 15) is 13.7 Å². The smallest absolute Gasteiger partial charge is 0.179 e. The molecule has 0 aliphatic carbocycles. The molecule has 0 bridgehead atoms. The monoisotopic (exact) mass is 432 g/mol. The summed E-state index contributed by atoms with van der Waals surface area (Å²) in [5.41, 5.74) is 6.96. The molecule has 2 aliphatic heterocycles. The molecular formula is C24H24N4O2S. The van der Waals surface area contributed by atoms with Crippen LogP contribution in [0.4, 0.5) is 0 Å². The number of nitrogens with zero attached hydrogens (tertiary/aromatic N) is 3. The van der Waals surface area contributed by atoms with Gasteiger partial charge in [0.2, 0.25) is 0 Å². The van der Waals surface area contributed by atoms with Gasteiger partial charge in [0, 0.05) is 12.2 Å². The van der Waals surface area contributed by atoms with Gasteiger partial charge in [0.15, 0.2) is 6.19 Å². The van der Waals surface area contributed by atoms with E-state index < -0.39 is 9.84 Å². The summed E-state index contributed by atoms with van der Waals surface area (Å²) in [6.45, 7) is 5.91. The Hall–Kier alpha value is -3.29.